The Bertz CT molecular complexity index is 881. The smallest absolute Gasteiger partial charge is 0.186 e. The molecule has 2 heterocycles. The standard InChI is InChI=1S/C22H22FN3S/c23-20-10-8-19(9-11-20)21-17-27-22(24-21)26-15-13-25(14-16-26)12-4-7-18-5-2-1-3-6-18/h1-11,17H,12-16H2/p+1. The van der Waals surface area contributed by atoms with E-state index in [0.29, 0.717) is 0 Å². The van der Waals surface area contributed by atoms with E-state index in [2.05, 4.69) is 46.7 Å². The van der Waals surface area contributed by atoms with Crippen LogP contribution in [0.15, 0.2) is 66.1 Å². The maximum atomic E-state index is 13.1. The molecule has 4 rings (SSSR count). The van der Waals surface area contributed by atoms with Gasteiger partial charge in [-0.1, -0.05) is 36.4 Å². The highest BCUT2D eigenvalue weighted by molar-refractivity contribution is 7.14. The molecule has 1 saturated heterocycles. The van der Waals surface area contributed by atoms with E-state index in [1.54, 1.807) is 28.4 Å². The van der Waals surface area contributed by atoms with Gasteiger partial charge in [-0.2, -0.15) is 0 Å². The van der Waals surface area contributed by atoms with Crippen LogP contribution in [-0.4, -0.2) is 37.7 Å². The summed E-state index contributed by atoms with van der Waals surface area (Å²) in [6.07, 6.45) is 4.48. The Morgan fingerprint density at radius 3 is 2.52 bits per heavy atom. The van der Waals surface area contributed by atoms with E-state index in [4.69, 9.17) is 4.98 Å². The second-order valence-corrected chi connectivity index (χ2v) is 7.61. The van der Waals surface area contributed by atoms with Gasteiger partial charge in [0.1, 0.15) is 5.82 Å². The van der Waals surface area contributed by atoms with Crippen LogP contribution in [0.4, 0.5) is 9.52 Å². The predicted octanol–water partition coefficient (Wildman–Crippen LogP) is 3.37. The summed E-state index contributed by atoms with van der Waals surface area (Å²) >= 11 is 1.67. The zero-order valence-corrected chi connectivity index (χ0v) is 16.0. The third kappa shape index (κ3) is 4.62. The first-order valence-corrected chi connectivity index (χ1v) is 10.2. The normalized spacial score (nSPS) is 15.5. The fourth-order valence-corrected chi connectivity index (χ4v) is 4.20. The van der Waals surface area contributed by atoms with E-state index in [-0.39, 0.29) is 5.82 Å². The van der Waals surface area contributed by atoms with Crippen LogP contribution in [0, 0.1) is 5.82 Å². The van der Waals surface area contributed by atoms with Crippen LogP contribution >= 0.6 is 11.3 Å². The molecule has 27 heavy (non-hydrogen) atoms. The summed E-state index contributed by atoms with van der Waals surface area (Å²) in [6.45, 7) is 5.33. The average molecular weight is 381 g/mol. The van der Waals surface area contributed by atoms with Gasteiger partial charge in [0.2, 0.25) is 0 Å². The lowest BCUT2D eigenvalue weighted by Gasteiger charge is -2.31. The van der Waals surface area contributed by atoms with Crippen LogP contribution in [0.1, 0.15) is 5.56 Å². The molecule has 0 atom stereocenters. The molecule has 0 spiro atoms. The molecule has 0 aliphatic carbocycles. The zero-order chi connectivity index (χ0) is 18.5. The first-order valence-electron chi connectivity index (χ1n) is 9.29. The highest BCUT2D eigenvalue weighted by atomic mass is 32.1. The number of nitrogens with one attached hydrogen (secondary N) is 1. The van der Waals surface area contributed by atoms with E-state index >= 15 is 0 Å². The molecular formula is C22H23FN3S+. The molecule has 0 amide bonds. The molecule has 3 nitrogen and oxygen atoms in total. The van der Waals surface area contributed by atoms with Crippen molar-refractivity contribution >= 4 is 22.5 Å². The van der Waals surface area contributed by atoms with Crippen molar-refractivity contribution in [3.05, 3.63) is 77.4 Å². The third-order valence-electron chi connectivity index (χ3n) is 4.89. The Morgan fingerprint density at radius 2 is 1.78 bits per heavy atom. The number of piperazine rings is 1. The van der Waals surface area contributed by atoms with Crippen molar-refractivity contribution in [2.24, 2.45) is 0 Å². The first-order chi connectivity index (χ1) is 13.3. The van der Waals surface area contributed by atoms with Gasteiger partial charge >= 0.3 is 0 Å². The molecule has 138 valence electrons. The number of rotatable bonds is 5. The van der Waals surface area contributed by atoms with Crippen LogP contribution in [-0.2, 0) is 0 Å². The minimum Gasteiger partial charge on any atom is -0.337 e. The van der Waals surface area contributed by atoms with Crippen LogP contribution in [0.2, 0.25) is 0 Å². The molecule has 1 aromatic heterocycles. The maximum Gasteiger partial charge on any atom is 0.186 e. The quantitative estimate of drug-likeness (QED) is 0.733. The molecule has 1 aliphatic heterocycles. The number of aromatic nitrogens is 1. The van der Waals surface area contributed by atoms with Gasteiger partial charge in [0.25, 0.3) is 0 Å². The molecule has 0 saturated carbocycles. The minimum absolute atomic E-state index is 0.213. The highest BCUT2D eigenvalue weighted by Crippen LogP contribution is 2.27. The SMILES string of the molecule is Fc1ccc(-c2csc(N3CC[NH+](CC=Cc4ccccc4)CC3)n2)cc1. The molecule has 1 N–H and O–H groups in total. The Balaban J connectivity index is 1.30. The molecular weight excluding hydrogens is 357 g/mol. The Labute approximate surface area is 163 Å². The number of hydrogen-bond acceptors (Lipinski definition) is 3. The lowest BCUT2D eigenvalue weighted by molar-refractivity contribution is -0.894. The molecule has 0 radical (unpaired) electrons. The van der Waals surface area contributed by atoms with Crippen molar-refractivity contribution in [1.82, 2.24) is 4.98 Å². The summed E-state index contributed by atoms with van der Waals surface area (Å²) in [4.78, 5) is 8.73. The van der Waals surface area contributed by atoms with E-state index in [1.165, 1.54) is 17.7 Å². The summed E-state index contributed by atoms with van der Waals surface area (Å²) in [5.74, 6) is -0.213. The highest BCUT2D eigenvalue weighted by Gasteiger charge is 2.21. The van der Waals surface area contributed by atoms with Crippen molar-refractivity contribution in [3.63, 3.8) is 0 Å². The molecule has 0 bridgehead atoms. The summed E-state index contributed by atoms with van der Waals surface area (Å²) in [6, 6.07) is 17.0. The van der Waals surface area contributed by atoms with Gasteiger partial charge in [-0.25, -0.2) is 9.37 Å². The van der Waals surface area contributed by atoms with Crippen LogP contribution < -0.4 is 9.80 Å². The molecule has 0 unspecified atom stereocenters. The third-order valence-corrected chi connectivity index (χ3v) is 5.79. The number of quaternary nitrogens is 1. The predicted molar refractivity (Wildman–Crippen MR) is 111 cm³/mol. The average Bonchev–Trinajstić information content (AvgIpc) is 3.20. The molecule has 1 fully saturated rings. The number of anilines is 1. The van der Waals surface area contributed by atoms with Gasteiger partial charge < -0.3 is 9.80 Å². The van der Waals surface area contributed by atoms with Crippen molar-refractivity contribution in [2.75, 3.05) is 37.6 Å². The largest absolute Gasteiger partial charge is 0.337 e. The lowest BCUT2D eigenvalue weighted by atomic mass is 10.2. The second kappa shape index (κ2) is 8.46. The Morgan fingerprint density at radius 1 is 1.04 bits per heavy atom. The van der Waals surface area contributed by atoms with E-state index in [0.717, 1.165) is 49.1 Å². The Hall–Kier alpha value is -2.50. The van der Waals surface area contributed by atoms with Crippen LogP contribution in [0.25, 0.3) is 17.3 Å². The maximum absolute atomic E-state index is 13.1. The molecule has 3 aromatic rings. The van der Waals surface area contributed by atoms with Gasteiger partial charge in [0.05, 0.1) is 38.4 Å². The molecule has 2 aromatic carbocycles. The lowest BCUT2D eigenvalue weighted by Crippen LogP contribution is -3.14. The topological polar surface area (TPSA) is 20.6 Å². The van der Waals surface area contributed by atoms with Gasteiger partial charge in [0.15, 0.2) is 5.13 Å². The van der Waals surface area contributed by atoms with Gasteiger partial charge in [-0.15, -0.1) is 11.3 Å². The van der Waals surface area contributed by atoms with E-state index in [1.807, 2.05) is 6.07 Å². The summed E-state index contributed by atoms with van der Waals surface area (Å²) in [7, 11) is 0. The van der Waals surface area contributed by atoms with Crippen LogP contribution in [0.3, 0.4) is 0 Å². The molecule has 5 heteroatoms. The fourth-order valence-electron chi connectivity index (χ4n) is 3.31. The first kappa shape index (κ1) is 17.9. The zero-order valence-electron chi connectivity index (χ0n) is 15.1. The Kier molecular flexibility index (Phi) is 5.61. The number of hydrogen-bond donors (Lipinski definition) is 1. The summed E-state index contributed by atoms with van der Waals surface area (Å²) in [5, 5.41) is 3.12. The number of benzene rings is 2. The van der Waals surface area contributed by atoms with Crippen molar-refractivity contribution in [3.8, 4) is 11.3 Å². The van der Waals surface area contributed by atoms with Crippen molar-refractivity contribution in [2.45, 2.75) is 0 Å². The summed E-state index contributed by atoms with van der Waals surface area (Å²) in [5.41, 5.74) is 3.15. The van der Waals surface area contributed by atoms with E-state index < -0.39 is 0 Å². The van der Waals surface area contributed by atoms with Gasteiger partial charge in [-0.05, 0) is 35.9 Å². The monoisotopic (exact) mass is 380 g/mol. The van der Waals surface area contributed by atoms with Crippen molar-refractivity contribution < 1.29 is 9.29 Å². The van der Waals surface area contributed by atoms with Crippen molar-refractivity contribution in [1.29, 1.82) is 0 Å². The fraction of sp³-hybridized carbons (Fsp3) is 0.227. The molecule has 1 aliphatic rings. The summed E-state index contributed by atoms with van der Waals surface area (Å²) < 4.78 is 13.1. The second-order valence-electron chi connectivity index (χ2n) is 6.78. The number of nitrogens with zero attached hydrogens (tertiary/aromatic N) is 2. The van der Waals surface area contributed by atoms with Gasteiger partial charge in [-0.3, -0.25) is 0 Å². The number of halogens is 1. The minimum atomic E-state index is -0.213. The van der Waals surface area contributed by atoms with Crippen LogP contribution in [0.5, 0.6) is 0 Å². The van der Waals surface area contributed by atoms with E-state index in [9.17, 15) is 4.39 Å². The van der Waals surface area contributed by atoms with Gasteiger partial charge in [0, 0.05) is 10.9 Å². The number of thiazole rings is 1.